The number of amides is 2. The zero-order valence-corrected chi connectivity index (χ0v) is 17.7. The first-order chi connectivity index (χ1) is 12.8. The van der Waals surface area contributed by atoms with E-state index in [1.54, 1.807) is 0 Å². The van der Waals surface area contributed by atoms with Gasteiger partial charge in [0.1, 0.15) is 5.78 Å². The molecule has 0 rings (SSSR count). The van der Waals surface area contributed by atoms with Crippen LogP contribution in [0.25, 0.3) is 0 Å². The molecule has 0 bridgehead atoms. The molecule has 0 aliphatic carbocycles. The monoisotopic (exact) mass is 405 g/mol. The lowest BCUT2D eigenvalue weighted by atomic mass is 10.2. The number of carbonyl (C=O) groups excluding carboxylic acids is 3. The normalized spacial score (nSPS) is 13.3. The van der Waals surface area contributed by atoms with Crippen LogP contribution in [0.2, 0.25) is 0 Å². The Morgan fingerprint density at radius 1 is 1.07 bits per heavy atom. The Morgan fingerprint density at radius 3 is 2.30 bits per heavy atom. The number of carbonyl (C=O) groups is 3. The van der Waals surface area contributed by atoms with Crippen molar-refractivity contribution in [2.45, 2.75) is 45.4 Å². The quantitative estimate of drug-likeness (QED) is 0.317. The van der Waals surface area contributed by atoms with Crippen molar-refractivity contribution in [1.82, 2.24) is 10.6 Å². The van der Waals surface area contributed by atoms with Gasteiger partial charge in [-0.2, -0.15) is 0 Å². The molecule has 1 unspecified atom stereocenters. The second-order valence-electron chi connectivity index (χ2n) is 6.55. The molecule has 2 amide bonds. The van der Waals surface area contributed by atoms with Crippen LogP contribution >= 0.6 is 11.8 Å². The fraction of sp³-hybridized carbons (Fsp3) is 0.833. The van der Waals surface area contributed by atoms with Crippen LogP contribution in [-0.4, -0.2) is 74.2 Å². The molecule has 9 heteroatoms. The highest BCUT2D eigenvalue weighted by Gasteiger charge is 2.24. The van der Waals surface area contributed by atoms with Crippen LogP contribution in [0.15, 0.2) is 0 Å². The van der Waals surface area contributed by atoms with Crippen LogP contribution < -0.4 is 16.4 Å². The van der Waals surface area contributed by atoms with Gasteiger partial charge >= 0.3 is 0 Å². The minimum atomic E-state index is -0.652. The first-order valence-corrected chi connectivity index (χ1v) is 10.4. The number of hydrogen-bond acceptors (Lipinski definition) is 7. The number of nitrogens with two attached hydrogens (primary N) is 1. The molecule has 2 atom stereocenters. The highest BCUT2D eigenvalue weighted by Crippen LogP contribution is 2.16. The SMILES string of the molecule is CCOCCNC(=O)CC(SC[C@H](N)C(C)=O)C(=O)NCCOCC(C)C. The summed E-state index contributed by atoms with van der Waals surface area (Å²) in [5, 5.41) is 4.88. The summed E-state index contributed by atoms with van der Waals surface area (Å²) in [5.74, 6) is 0.0600. The number of nitrogens with one attached hydrogen (secondary N) is 2. The maximum absolute atomic E-state index is 12.4. The molecule has 0 heterocycles. The van der Waals surface area contributed by atoms with E-state index in [4.69, 9.17) is 15.2 Å². The predicted molar refractivity (Wildman–Crippen MR) is 108 cm³/mol. The minimum absolute atomic E-state index is 0.0140. The van der Waals surface area contributed by atoms with Gasteiger partial charge in [0.15, 0.2) is 0 Å². The molecule has 0 aliphatic rings. The Morgan fingerprint density at radius 2 is 1.70 bits per heavy atom. The maximum atomic E-state index is 12.4. The smallest absolute Gasteiger partial charge is 0.233 e. The van der Waals surface area contributed by atoms with Crippen LogP contribution in [0.5, 0.6) is 0 Å². The van der Waals surface area contributed by atoms with Crippen molar-refractivity contribution >= 4 is 29.4 Å². The fourth-order valence-electron chi connectivity index (χ4n) is 1.89. The highest BCUT2D eigenvalue weighted by molar-refractivity contribution is 8.00. The molecule has 0 aliphatic heterocycles. The molecule has 0 saturated carbocycles. The third kappa shape index (κ3) is 14.6. The molecule has 27 heavy (non-hydrogen) atoms. The van der Waals surface area contributed by atoms with Crippen LogP contribution in [0.3, 0.4) is 0 Å². The van der Waals surface area contributed by atoms with E-state index >= 15 is 0 Å². The Kier molecular flexibility index (Phi) is 15.2. The lowest BCUT2D eigenvalue weighted by molar-refractivity contribution is -0.126. The highest BCUT2D eigenvalue weighted by atomic mass is 32.2. The summed E-state index contributed by atoms with van der Waals surface area (Å²) in [6.45, 7) is 10.2. The van der Waals surface area contributed by atoms with E-state index in [1.165, 1.54) is 18.7 Å². The Labute approximate surface area is 166 Å². The molecule has 158 valence electrons. The zero-order chi connectivity index (χ0) is 20.7. The van der Waals surface area contributed by atoms with Gasteiger partial charge in [0.25, 0.3) is 0 Å². The van der Waals surface area contributed by atoms with Crippen LogP contribution in [0, 0.1) is 5.92 Å². The molecule has 0 saturated heterocycles. The Balaban J connectivity index is 4.46. The van der Waals surface area contributed by atoms with Crippen LogP contribution in [0.4, 0.5) is 0 Å². The molecular formula is C18H35N3O5S. The number of Topliss-reactive ketones (excluding diaryl/α,β-unsaturated/α-hetero) is 1. The topological polar surface area (TPSA) is 120 Å². The summed E-state index contributed by atoms with van der Waals surface area (Å²) in [6.07, 6.45) is 0.0140. The van der Waals surface area contributed by atoms with Crippen molar-refractivity contribution in [2.24, 2.45) is 11.7 Å². The average molecular weight is 406 g/mol. The van der Waals surface area contributed by atoms with Gasteiger partial charge in [-0.05, 0) is 19.8 Å². The van der Waals surface area contributed by atoms with Gasteiger partial charge in [0.05, 0.1) is 24.5 Å². The van der Waals surface area contributed by atoms with Gasteiger partial charge in [-0.25, -0.2) is 0 Å². The van der Waals surface area contributed by atoms with Crippen LogP contribution in [-0.2, 0) is 23.9 Å². The van der Waals surface area contributed by atoms with Crippen molar-refractivity contribution in [3.8, 4) is 0 Å². The lowest BCUT2D eigenvalue weighted by Crippen LogP contribution is -2.40. The van der Waals surface area contributed by atoms with Crippen molar-refractivity contribution in [2.75, 3.05) is 45.3 Å². The maximum Gasteiger partial charge on any atom is 0.233 e. The zero-order valence-electron chi connectivity index (χ0n) is 16.9. The lowest BCUT2D eigenvalue weighted by Gasteiger charge is -2.18. The number of rotatable bonds is 16. The van der Waals surface area contributed by atoms with Gasteiger partial charge in [0.2, 0.25) is 11.8 Å². The molecule has 8 nitrogen and oxygen atoms in total. The Hall–Kier alpha value is -1.16. The van der Waals surface area contributed by atoms with Crippen molar-refractivity contribution in [3.63, 3.8) is 0 Å². The van der Waals surface area contributed by atoms with Gasteiger partial charge < -0.3 is 25.8 Å². The summed E-state index contributed by atoms with van der Waals surface area (Å²) < 4.78 is 10.6. The molecule has 0 fully saturated rings. The van der Waals surface area contributed by atoms with E-state index in [-0.39, 0.29) is 29.8 Å². The van der Waals surface area contributed by atoms with Crippen molar-refractivity contribution in [1.29, 1.82) is 0 Å². The number of thioether (sulfide) groups is 1. The van der Waals surface area contributed by atoms with E-state index in [0.29, 0.717) is 45.4 Å². The average Bonchev–Trinajstić information content (AvgIpc) is 2.61. The summed E-state index contributed by atoms with van der Waals surface area (Å²) in [6, 6.07) is -0.652. The second-order valence-corrected chi connectivity index (χ2v) is 7.79. The van der Waals surface area contributed by atoms with Gasteiger partial charge in [-0.1, -0.05) is 13.8 Å². The number of ether oxygens (including phenoxy) is 2. The standard InChI is InChI=1S/C18H35N3O5S/c1-5-25-8-6-20-17(23)10-16(27-12-15(19)14(4)22)18(24)21-7-9-26-11-13(2)3/h13,15-16H,5-12,19H2,1-4H3,(H,20,23)(H,21,24)/t15-,16?/m0/s1. The van der Waals surface area contributed by atoms with Gasteiger partial charge in [-0.3, -0.25) is 14.4 Å². The Bertz CT molecular complexity index is 449. The largest absolute Gasteiger partial charge is 0.380 e. The third-order valence-corrected chi connectivity index (χ3v) is 4.77. The minimum Gasteiger partial charge on any atom is -0.380 e. The van der Waals surface area contributed by atoms with Gasteiger partial charge in [-0.15, -0.1) is 11.8 Å². The summed E-state index contributed by atoms with van der Waals surface area (Å²) in [7, 11) is 0. The first-order valence-electron chi connectivity index (χ1n) is 9.35. The molecular weight excluding hydrogens is 370 g/mol. The second kappa shape index (κ2) is 15.9. The summed E-state index contributed by atoms with van der Waals surface area (Å²) in [4.78, 5) is 35.8. The first kappa shape index (κ1) is 25.8. The van der Waals surface area contributed by atoms with E-state index in [9.17, 15) is 14.4 Å². The molecule has 0 aromatic carbocycles. The summed E-state index contributed by atoms with van der Waals surface area (Å²) in [5.41, 5.74) is 5.74. The summed E-state index contributed by atoms with van der Waals surface area (Å²) >= 11 is 1.22. The molecule has 0 radical (unpaired) electrons. The molecule has 4 N–H and O–H groups in total. The van der Waals surface area contributed by atoms with Crippen LogP contribution in [0.1, 0.15) is 34.1 Å². The predicted octanol–water partition coefficient (Wildman–Crippen LogP) is 0.336. The van der Waals surface area contributed by atoms with E-state index in [2.05, 4.69) is 10.6 Å². The fourth-order valence-corrected chi connectivity index (χ4v) is 3.07. The molecule has 0 aromatic heterocycles. The number of ketones is 1. The van der Waals surface area contributed by atoms with Gasteiger partial charge in [0, 0.05) is 38.5 Å². The molecule has 0 aromatic rings. The van der Waals surface area contributed by atoms with E-state index < -0.39 is 11.3 Å². The van der Waals surface area contributed by atoms with E-state index in [0.717, 1.165) is 0 Å². The number of hydrogen-bond donors (Lipinski definition) is 3. The van der Waals surface area contributed by atoms with E-state index in [1.807, 2.05) is 20.8 Å². The van der Waals surface area contributed by atoms with Crippen molar-refractivity contribution < 1.29 is 23.9 Å². The van der Waals surface area contributed by atoms with Crippen molar-refractivity contribution in [3.05, 3.63) is 0 Å². The molecule has 0 spiro atoms. The third-order valence-electron chi connectivity index (χ3n) is 3.43.